The maximum Gasteiger partial charge on any atom is 0.134 e. The van der Waals surface area contributed by atoms with Crippen molar-refractivity contribution in [3.8, 4) is 0 Å². The van der Waals surface area contributed by atoms with Crippen LogP contribution in [0.1, 0.15) is 52.9 Å². The minimum absolute atomic E-state index is 0.00172. The van der Waals surface area contributed by atoms with E-state index < -0.39 is 0 Å². The molecule has 102 valence electrons. The van der Waals surface area contributed by atoms with Crippen LogP contribution in [0.4, 0.5) is 0 Å². The molecule has 0 aliphatic rings. The van der Waals surface area contributed by atoms with Crippen molar-refractivity contribution in [1.29, 1.82) is 0 Å². The normalized spacial score (nSPS) is 12.9. The topological polar surface area (TPSA) is 25.8 Å². The lowest BCUT2D eigenvalue weighted by Crippen LogP contribution is -2.15. The standard InChI is InChI=1S/C17H24N2/c1-16(2,3)10-12-7-8-14-13(9-12)11-18-15(19-14)17(4,5)6/h7-9,11H,10H2,1-6H3. The van der Waals surface area contributed by atoms with E-state index in [9.17, 15) is 0 Å². The zero-order chi connectivity index (χ0) is 14.3. The molecule has 1 heterocycles. The molecule has 0 saturated heterocycles. The van der Waals surface area contributed by atoms with Crippen molar-refractivity contribution in [2.75, 3.05) is 0 Å². The van der Waals surface area contributed by atoms with Crippen molar-refractivity contribution in [1.82, 2.24) is 9.97 Å². The molecule has 0 bridgehead atoms. The van der Waals surface area contributed by atoms with Gasteiger partial charge in [-0.1, -0.05) is 47.6 Å². The molecule has 0 amide bonds. The van der Waals surface area contributed by atoms with Crippen molar-refractivity contribution in [2.24, 2.45) is 5.41 Å². The fraction of sp³-hybridized carbons (Fsp3) is 0.529. The van der Waals surface area contributed by atoms with Crippen LogP contribution in [0.5, 0.6) is 0 Å². The van der Waals surface area contributed by atoms with Gasteiger partial charge in [0.05, 0.1) is 5.52 Å². The molecule has 0 spiro atoms. The molecule has 2 aromatic rings. The van der Waals surface area contributed by atoms with Gasteiger partial charge in [0.25, 0.3) is 0 Å². The predicted molar refractivity (Wildman–Crippen MR) is 81.4 cm³/mol. The molecular formula is C17H24N2. The predicted octanol–water partition coefficient (Wildman–Crippen LogP) is 4.52. The Hall–Kier alpha value is -1.44. The second-order valence-electron chi connectivity index (χ2n) is 7.57. The van der Waals surface area contributed by atoms with Crippen LogP contribution in [0, 0.1) is 5.41 Å². The van der Waals surface area contributed by atoms with Crippen LogP contribution in [-0.4, -0.2) is 9.97 Å². The Morgan fingerprint density at radius 1 is 1.00 bits per heavy atom. The molecule has 0 unspecified atom stereocenters. The highest BCUT2D eigenvalue weighted by Gasteiger charge is 2.17. The van der Waals surface area contributed by atoms with E-state index in [0.29, 0.717) is 5.41 Å². The fourth-order valence-corrected chi connectivity index (χ4v) is 2.17. The fourth-order valence-electron chi connectivity index (χ4n) is 2.17. The van der Waals surface area contributed by atoms with Gasteiger partial charge in [-0.15, -0.1) is 0 Å². The monoisotopic (exact) mass is 256 g/mol. The van der Waals surface area contributed by atoms with E-state index in [2.05, 4.69) is 69.7 Å². The van der Waals surface area contributed by atoms with E-state index in [1.807, 2.05) is 6.20 Å². The summed E-state index contributed by atoms with van der Waals surface area (Å²) in [5, 5.41) is 1.13. The summed E-state index contributed by atoms with van der Waals surface area (Å²) in [7, 11) is 0. The molecule has 2 rings (SSSR count). The van der Waals surface area contributed by atoms with Crippen molar-refractivity contribution < 1.29 is 0 Å². The van der Waals surface area contributed by atoms with Gasteiger partial charge in [-0.2, -0.15) is 0 Å². The van der Waals surface area contributed by atoms with Crippen LogP contribution in [-0.2, 0) is 11.8 Å². The summed E-state index contributed by atoms with van der Waals surface area (Å²) in [4.78, 5) is 9.18. The summed E-state index contributed by atoms with van der Waals surface area (Å²) in [6, 6.07) is 6.52. The maximum atomic E-state index is 4.67. The Balaban J connectivity index is 2.41. The lowest BCUT2D eigenvalue weighted by Gasteiger charge is -2.19. The van der Waals surface area contributed by atoms with E-state index in [4.69, 9.17) is 0 Å². The van der Waals surface area contributed by atoms with Gasteiger partial charge in [-0.3, -0.25) is 0 Å². The van der Waals surface area contributed by atoms with Crippen LogP contribution < -0.4 is 0 Å². The second-order valence-corrected chi connectivity index (χ2v) is 7.57. The smallest absolute Gasteiger partial charge is 0.134 e. The lowest BCUT2D eigenvalue weighted by molar-refractivity contribution is 0.411. The second kappa shape index (κ2) is 4.59. The largest absolute Gasteiger partial charge is 0.240 e. The van der Waals surface area contributed by atoms with E-state index in [-0.39, 0.29) is 5.41 Å². The average molecular weight is 256 g/mol. The number of benzene rings is 1. The highest BCUT2D eigenvalue weighted by atomic mass is 14.9. The van der Waals surface area contributed by atoms with Gasteiger partial charge in [0.15, 0.2) is 0 Å². The lowest BCUT2D eigenvalue weighted by atomic mass is 9.88. The number of aromatic nitrogens is 2. The van der Waals surface area contributed by atoms with Crippen LogP contribution >= 0.6 is 0 Å². The van der Waals surface area contributed by atoms with Crippen molar-refractivity contribution in [3.63, 3.8) is 0 Å². The molecular weight excluding hydrogens is 232 g/mol. The first-order valence-electron chi connectivity index (χ1n) is 6.91. The summed E-state index contributed by atoms with van der Waals surface area (Å²) in [6.07, 6.45) is 3.03. The van der Waals surface area contributed by atoms with E-state index in [1.54, 1.807) is 0 Å². The number of hydrogen-bond donors (Lipinski definition) is 0. The highest BCUT2D eigenvalue weighted by Crippen LogP contribution is 2.24. The number of nitrogens with zero attached hydrogens (tertiary/aromatic N) is 2. The Kier molecular flexibility index (Phi) is 3.38. The van der Waals surface area contributed by atoms with Gasteiger partial charge < -0.3 is 0 Å². The molecule has 1 aromatic heterocycles. The van der Waals surface area contributed by atoms with Crippen molar-refractivity contribution in [3.05, 3.63) is 35.8 Å². The third kappa shape index (κ3) is 3.52. The zero-order valence-electron chi connectivity index (χ0n) is 12.9. The van der Waals surface area contributed by atoms with E-state index >= 15 is 0 Å². The first-order chi connectivity index (χ1) is 8.65. The number of rotatable bonds is 1. The molecule has 2 nitrogen and oxygen atoms in total. The molecule has 0 aliphatic heterocycles. The SMILES string of the molecule is CC(C)(C)Cc1ccc2nc(C(C)(C)C)ncc2c1. The zero-order valence-corrected chi connectivity index (χ0v) is 12.9. The van der Waals surface area contributed by atoms with Gasteiger partial charge in [-0.05, 0) is 29.5 Å². The van der Waals surface area contributed by atoms with Gasteiger partial charge in [0.1, 0.15) is 5.82 Å². The molecule has 0 fully saturated rings. The molecule has 0 N–H and O–H groups in total. The van der Waals surface area contributed by atoms with Crippen LogP contribution in [0.3, 0.4) is 0 Å². The Morgan fingerprint density at radius 2 is 1.68 bits per heavy atom. The highest BCUT2D eigenvalue weighted by molar-refractivity contribution is 5.78. The van der Waals surface area contributed by atoms with Gasteiger partial charge in [-0.25, -0.2) is 9.97 Å². The quantitative estimate of drug-likeness (QED) is 0.750. The summed E-state index contributed by atoms with van der Waals surface area (Å²) in [6.45, 7) is 13.2. The molecule has 19 heavy (non-hydrogen) atoms. The van der Waals surface area contributed by atoms with Crippen molar-refractivity contribution >= 4 is 10.9 Å². The first kappa shape index (κ1) is 14.0. The third-order valence-corrected chi connectivity index (χ3v) is 3.05. The number of hydrogen-bond acceptors (Lipinski definition) is 2. The van der Waals surface area contributed by atoms with E-state index in [0.717, 1.165) is 23.1 Å². The Labute approximate surface area is 116 Å². The van der Waals surface area contributed by atoms with Gasteiger partial charge >= 0.3 is 0 Å². The summed E-state index contributed by atoms with van der Waals surface area (Å²) in [5.74, 6) is 0.906. The number of fused-ring (bicyclic) bond motifs is 1. The first-order valence-corrected chi connectivity index (χ1v) is 6.91. The summed E-state index contributed by atoms with van der Waals surface area (Å²) >= 11 is 0. The molecule has 0 aliphatic carbocycles. The van der Waals surface area contributed by atoms with Gasteiger partial charge in [0, 0.05) is 17.0 Å². The van der Waals surface area contributed by atoms with Gasteiger partial charge in [0.2, 0.25) is 0 Å². The average Bonchev–Trinajstić information content (AvgIpc) is 2.24. The van der Waals surface area contributed by atoms with Crippen LogP contribution in [0.25, 0.3) is 10.9 Å². The third-order valence-electron chi connectivity index (χ3n) is 3.05. The molecule has 2 heteroatoms. The van der Waals surface area contributed by atoms with Crippen molar-refractivity contribution in [2.45, 2.75) is 53.4 Å². The van der Waals surface area contributed by atoms with Crippen LogP contribution in [0.2, 0.25) is 0 Å². The Bertz CT molecular complexity index is 586. The molecule has 1 aromatic carbocycles. The summed E-state index contributed by atoms with van der Waals surface area (Å²) in [5.41, 5.74) is 2.70. The summed E-state index contributed by atoms with van der Waals surface area (Å²) < 4.78 is 0. The molecule has 0 radical (unpaired) electrons. The van der Waals surface area contributed by atoms with Crippen LogP contribution in [0.15, 0.2) is 24.4 Å². The minimum Gasteiger partial charge on any atom is -0.240 e. The Morgan fingerprint density at radius 3 is 2.26 bits per heavy atom. The maximum absolute atomic E-state index is 4.67. The minimum atomic E-state index is -0.00172. The van der Waals surface area contributed by atoms with E-state index in [1.165, 1.54) is 5.56 Å². The molecule has 0 atom stereocenters. The molecule has 0 saturated carbocycles.